The largest absolute Gasteiger partial charge is 0.362 e. The van der Waals surface area contributed by atoms with E-state index in [1.807, 2.05) is 49.7 Å². The van der Waals surface area contributed by atoms with E-state index < -0.39 is 0 Å². The Labute approximate surface area is 127 Å². The second-order valence-corrected chi connectivity index (χ2v) is 4.75. The molecule has 0 bridgehead atoms. The molecule has 1 aliphatic carbocycles. The Morgan fingerprint density at radius 2 is 1.76 bits per heavy atom. The Balaban J connectivity index is 1.82. The van der Waals surface area contributed by atoms with Crippen molar-refractivity contribution in [2.75, 3.05) is 5.32 Å². The quantitative estimate of drug-likeness (QED) is 0.723. The highest BCUT2D eigenvalue weighted by Crippen LogP contribution is 2.08. The van der Waals surface area contributed by atoms with Crippen LogP contribution in [0, 0.1) is 0 Å². The lowest BCUT2D eigenvalue weighted by atomic mass is 10.1. The molecular formula is C19H22N2. The van der Waals surface area contributed by atoms with Crippen molar-refractivity contribution < 1.29 is 0 Å². The van der Waals surface area contributed by atoms with Crippen LogP contribution in [-0.4, -0.2) is 0 Å². The summed E-state index contributed by atoms with van der Waals surface area (Å²) in [5.41, 5.74) is 3.40. The second kappa shape index (κ2) is 8.64. The molecule has 2 heteroatoms. The first-order chi connectivity index (χ1) is 10.4. The van der Waals surface area contributed by atoms with Gasteiger partial charge >= 0.3 is 0 Å². The molecule has 0 heterocycles. The lowest BCUT2D eigenvalue weighted by Crippen LogP contribution is -2.03. The molecule has 0 unspecified atom stereocenters. The monoisotopic (exact) mass is 278 g/mol. The first kappa shape index (κ1) is 14.9. The maximum absolute atomic E-state index is 3.29. The fourth-order valence-corrected chi connectivity index (χ4v) is 1.97. The molecule has 0 atom stereocenters. The molecule has 0 aliphatic heterocycles. The van der Waals surface area contributed by atoms with E-state index in [1.54, 1.807) is 0 Å². The number of nitrogens with one attached hydrogen (secondary N) is 2. The van der Waals surface area contributed by atoms with Crippen LogP contribution in [0.2, 0.25) is 0 Å². The van der Waals surface area contributed by atoms with Crippen molar-refractivity contribution in [3.63, 3.8) is 0 Å². The van der Waals surface area contributed by atoms with Gasteiger partial charge in [-0.2, -0.15) is 0 Å². The average Bonchev–Trinajstić information content (AvgIpc) is 2.55. The van der Waals surface area contributed by atoms with Gasteiger partial charge < -0.3 is 10.6 Å². The van der Waals surface area contributed by atoms with Gasteiger partial charge in [0.05, 0.1) is 0 Å². The van der Waals surface area contributed by atoms with Crippen LogP contribution in [0.1, 0.15) is 19.8 Å². The molecule has 0 amide bonds. The van der Waals surface area contributed by atoms with E-state index in [-0.39, 0.29) is 0 Å². The number of rotatable bonds is 6. The fourth-order valence-electron chi connectivity index (χ4n) is 1.97. The van der Waals surface area contributed by atoms with Crippen LogP contribution in [0.25, 0.3) is 0 Å². The molecule has 0 saturated heterocycles. The van der Waals surface area contributed by atoms with Crippen molar-refractivity contribution >= 4 is 5.69 Å². The van der Waals surface area contributed by atoms with Crippen molar-refractivity contribution in [1.82, 2.24) is 5.32 Å². The zero-order valence-corrected chi connectivity index (χ0v) is 12.4. The lowest BCUT2D eigenvalue weighted by Gasteiger charge is -2.05. The van der Waals surface area contributed by atoms with Crippen LogP contribution >= 0.6 is 0 Å². The van der Waals surface area contributed by atoms with E-state index in [4.69, 9.17) is 0 Å². The van der Waals surface area contributed by atoms with Gasteiger partial charge in [-0.25, -0.2) is 0 Å². The van der Waals surface area contributed by atoms with Crippen molar-refractivity contribution in [2.45, 2.75) is 19.8 Å². The first-order valence-corrected chi connectivity index (χ1v) is 7.33. The van der Waals surface area contributed by atoms with Gasteiger partial charge in [0.2, 0.25) is 0 Å². The molecule has 108 valence electrons. The predicted molar refractivity (Wildman–Crippen MR) is 91.7 cm³/mol. The van der Waals surface area contributed by atoms with Gasteiger partial charge in [-0.3, -0.25) is 0 Å². The van der Waals surface area contributed by atoms with E-state index in [2.05, 4.69) is 47.1 Å². The molecule has 0 radical (unpaired) electrons. The highest BCUT2D eigenvalue weighted by molar-refractivity contribution is 5.46. The van der Waals surface area contributed by atoms with E-state index in [1.165, 1.54) is 5.70 Å². The molecule has 2 rings (SSSR count). The minimum absolute atomic E-state index is 1.09. The standard InChI is InChI=1S/C19H22N2/c1-2-17(13-15-20-18-9-5-3-6-10-18)14-16-21-19-11-7-4-8-12-19/h2-3,5-7,9-16,20-21H,4,8H2,1H3/b15-13+,16-14-,17-2-. The van der Waals surface area contributed by atoms with Gasteiger partial charge in [-0.05, 0) is 55.7 Å². The maximum atomic E-state index is 3.29. The Bertz CT molecular complexity index is 575. The molecule has 1 aromatic rings. The fraction of sp³-hybridized carbons (Fsp3) is 0.158. The van der Waals surface area contributed by atoms with Gasteiger partial charge in [-0.15, -0.1) is 0 Å². The van der Waals surface area contributed by atoms with Crippen LogP contribution in [0.15, 0.2) is 90.5 Å². The third-order valence-electron chi connectivity index (χ3n) is 3.15. The van der Waals surface area contributed by atoms with Crippen LogP contribution < -0.4 is 10.6 Å². The summed E-state index contributed by atoms with van der Waals surface area (Å²) < 4.78 is 0. The summed E-state index contributed by atoms with van der Waals surface area (Å²) in [4.78, 5) is 0. The molecule has 21 heavy (non-hydrogen) atoms. The number of para-hydroxylation sites is 1. The number of benzene rings is 1. The number of allylic oxidation sites excluding steroid dienone is 7. The molecule has 0 saturated carbocycles. The highest BCUT2D eigenvalue weighted by atomic mass is 14.8. The summed E-state index contributed by atoms with van der Waals surface area (Å²) in [7, 11) is 0. The molecule has 2 nitrogen and oxygen atoms in total. The minimum atomic E-state index is 1.09. The van der Waals surface area contributed by atoms with Crippen LogP contribution in [0.3, 0.4) is 0 Å². The number of hydrogen-bond acceptors (Lipinski definition) is 2. The van der Waals surface area contributed by atoms with Crippen LogP contribution in [-0.2, 0) is 0 Å². The number of anilines is 1. The minimum Gasteiger partial charge on any atom is -0.362 e. The Hall–Kier alpha value is -2.48. The van der Waals surface area contributed by atoms with Gasteiger partial charge in [0.15, 0.2) is 0 Å². The van der Waals surface area contributed by atoms with E-state index in [9.17, 15) is 0 Å². The van der Waals surface area contributed by atoms with E-state index >= 15 is 0 Å². The van der Waals surface area contributed by atoms with E-state index in [0.717, 1.165) is 24.1 Å². The molecule has 0 fully saturated rings. The van der Waals surface area contributed by atoms with Gasteiger partial charge in [0.25, 0.3) is 0 Å². The van der Waals surface area contributed by atoms with Crippen molar-refractivity contribution in [1.29, 1.82) is 0 Å². The smallest absolute Gasteiger partial charge is 0.0379 e. The first-order valence-electron chi connectivity index (χ1n) is 7.33. The van der Waals surface area contributed by atoms with Crippen LogP contribution in [0.4, 0.5) is 5.69 Å². The normalized spacial score (nSPS) is 15.5. The number of hydrogen-bond donors (Lipinski definition) is 2. The molecule has 1 aliphatic rings. The van der Waals surface area contributed by atoms with Gasteiger partial charge in [0, 0.05) is 23.8 Å². The summed E-state index contributed by atoms with van der Waals surface area (Å²) in [6.45, 7) is 2.03. The Kier molecular flexibility index (Phi) is 6.14. The second-order valence-electron chi connectivity index (χ2n) is 4.75. The third kappa shape index (κ3) is 5.57. The van der Waals surface area contributed by atoms with E-state index in [0.29, 0.717) is 0 Å². The molecular weight excluding hydrogens is 256 g/mol. The summed E-state index contributed by atoms with van der Waals surface area (Å²) >= 11 is 0. The molecule has 1 aromatic carbocycles. The zero-order valence-electron chi connectivity index (χ0n) is 12.4. The summed E-state index contributed by atoms with van der Waals surface area (Å²) in [6.07, 6.45) is 18.9. The Morgan fingerprint density at radius 3 is 2.43 bits per heavy atom. The Morgan fingerprint density at radius 1 is 1.00 bits per heavy atom. The topological polar surface area (TPSA) is 24.1 Å². The molecule has 2 N–H and O–H groups in total. The predicted octanol–water partition coefficient (Wildman–Crippen LogP) is 4.90. The molecule has 0 spiro atoms. The van der Waals surface area contributed by atoms with Gasteiger partial charge in [0.1, 0.15) is 0 Å². The lowest BCUT2D eigenvalue weighted by molar-refractivity contribution is 0.968. The highest BCUT2D eigenvalue weighted by Gasteiger charge is 1.93. The summed E-state index contributed by atoms with van der Waals surface area (Å²) in [5.74, 6) is 0. The van der Waals surface area contributed by atoms with Crippen molar-refractivity contribution in [3.8, 4) is 0 Å². The maximum Gasteiger partial charge on any atom is 0.0379 e. The summed E-state index contributed by atoms with van der Waals surface area (Å²) in [5, 5.41) is 6.54. The third-order valence-corrected chi connectivity index (χ3v) is 3.15. The summed E-state index contributed by atoms with van der Waals surface area (Å²) in [6, 6.07) is 10.1. The average molecular weight is 278 g/mol. The van der Waals surface area contributed by atoms with Crippen molar-refractivity contribution in [3.05, 3.63) is 90.5 Å². The molecule has 0 aromatic heterocycles. The van der Waals surface area contributed by atoms with Crippen molar-refractivity contribution in [2.24, 2.45) is 0 Å². The van der Waals surface area contributed by atoms with Gasteiger partial charge in [-0.1, -0.05) is 36.4 Å². The van der Waals surface area contributed by atoms with Crippen LogP contribution in [0.5, 0.6) is 0 Å². The zero-order chi connectivity index (χ0) is 14.8. The SMILES string of the molecule is C/C=C(\C=C/NC1=CCCC=C1)/C=C/Nc1ccccc1.